The molecule has 1 rings (SSSR count). The zero-order chi connectivity index (χ0) is 7.56. The first-order valence-corrected chi connectivity index (χ1v) is 2.77. The molecule has 0 aromatic heterocycles. The van der Waals surface area contributed by atoms with Crippen LogP contribution in [0.2, 0.25) is 0 Å². The summed E-state index contributed by atoms with van der Waals surface area (Å²) in [4.78, 5) is 22.4. The van der Waals surface area contributed by atoms with Gasteiger partial charge in [-0.05, 0) is 0 Å². The quantitative estimate of drug-likeness (QED) is 0.510. The molecule has 1 radical (unpaired) electrons. The fraction of sp³-hybridized carbons (Fsp3) is 0. The molecule has 0 aromatic carbocycles. The van der Waals surface area contributed by atoms with Crippen LogP contribution in [0.4, 0.5) is 0 Å². The van der Waals surface area contributed by atoms with Crippen LogP contribution >= 0.6 is 0 Å². The van der Waals surface area contributed by atoms with Crippen molar-refractivity contribution in [3.63, 3.8) is 0 Å². The lowest BCUT2D eigenvalue weighted by Crippen LogP contribution is -2.26. The van der Waals surface area contributed by atoms with E-state index in [1.165, 1.54) is 24.8 Å². The Morgan fingerprint density at radius 1 is 1.30 bits per heavy atom. The molecule has 1 aliphatic rings. The molecule has 0 saturated carbocycles. The van der Waals surface area contributed by atoms with Crippen molar-refractivity contribution in [2.24, 2.45) is 0 Å². The largest absolute Gasteiger partial charge is 0.269 e. The topological polar surface area (TPSA) is 37.4 Å². The molecule has 51 valence electrons. The van der Waals surface area contributed by atoms with Gasteiger partial charge in [0.1, 0.15) is 0 Å². The Kier molecular flexibility index (Phi) is 1.67. The van der Waals surface area contributed by atoms with Gasteiger partial charge < -0.3 is 0 Å². The summed E-state index contributed by atoms with van der Waals surface area (Å²) in [5.41, 5.74) is 0. The summed E-state index contributed by atoms with van der Waals surface area (Å²) in [5, 5.41) is 0. The number of imide groups is 1. The van der Waals surface area contributed by atoms with Crippen molar-refractivity contribution in [3.8, 4) is 0 Å². The Hall–Kier alpha value is -1.38. The zero-order valence-electron chi connectivity index (χ0n) is 5.28. The smallest absolute Gasteiger partial charge is 0.254 e. The number of hydrogen-bond acceptors (Lipinski definition) is 2. The van der Waals surface area contributed by atoms with E-state index in [4.69, 9.17) is 0 Å². The van der Waals surface area contributed by atoms with Crippen LogP contribution in [0.1, 0.15) is 0 Å². The number of rotatable bonds is 2. The van der Waals surface area contributed by atoms with Crippen LogP contribution < -0.4 is 0 Å². The first-order valence-electron chi connectivity index (χ1n) is 2.77. The van der Waals surface area contributed by atoms with Crippen molar-refractivity contribution in [1.82, 2.24) is 4.90 Å². The third-order valence-corrected chi connectivity index (χ3v) is 1.10. The molecule has 0 N–H and O–H groups in total. The summed E-state index contributed by atoms with van der Waals surface area (Å²) in [6.45, 7) is 4.70. The van der Waals surface area contributed by atoms with Gasteiger partial charge in [-0.3, -0.25) is 14.5 Å². The van der Waals surface area contributed by atoms with Crippen molar-refractivity contribution in [2.75, 3.05) is 0 Å². The van der Waals surface area contributed by atoms with E-state index in [2.05, 4.69) is 6.58 Å². The molecule has 2 amide bonds. The predicted octanol–water partition coefficient (Wildman–Crippen LogP) is 0.259. The van der Waals surface area contributed by atoms with Crippen LogP contribution in [0.5, 0.6) is 0 Å². The molecule has 0 fully saturated rings. The summed E-state index contributed by atoms with van der Waals surface area (Å²) < 4.78 is 0. The minimum Gasteiger partial charge on any atom is -0.269 e. The van der Waals surface area contributed by atoms with Crippen molar-refractivity contribution in [2.45, 2.75) is 0 Å². The molecule has 10 heavy (non-hydrogen) atoms. The summed E-state index contributed by atoms with van der Waals surface area (Å²) >= 11 is 0. The first-order chi connectivity index (χ1) is 4.75. The van der Waals surface area contributed by atoms with E-state index in [0.29, 0.717) is 0 Å². The first kappa shape index (κ1) is 6.74. The minimum atomic E-state index is -0.315. The van der Waals surface area contributed by atoms with E-state index < -0.39 is 0 Å². The van der Waals surface area contributed by atoms with Gasteiger partial charge in [0.25, 0.3) is 11.8 Å². The lowest BCUT2D eigenvalue weighted by molar-refractivity contribution is -0.134. The number of amides is 2. The van der Waals surface area contributed by atoms with Gasteiger partial charge in [0.2, 0.25) is 0 Å². The van der Waals surface area contributed by atoms with Gasteiger partial charge in [-0.2, -0.15) is 0 Å². The Morgan fingerprint density at radius 3 is 2.20 bits per heavy atom. The molecule has 1 aliphatic heterocycles. The second-order valence-electron chi connectivity index (χ2n) is 1.76. The van der Waals surface area contributed by atoms with Crippen molar-refractivity contribution < 1.29 is 9.59 Å². The highest BCUT2D eigenvalue weighted by atomic mass is 16.2. The van der Waals surface area contributed by atoms with Crippen molar-refractivity contribution >= 4 is 11.8 Å². The molecule has 0 aliphatic carbocycles. The summed E-state index contributed by atoms with van der Waals surface area (Å²) in [5.74, 6) is -0.630. The number of hydrogen-bond donors (Lipinski definition) is 0. The van der Waals surface area contributed by atoms with E-state index in [-0.39, 0.29) is 11.8 Å². The fourth-order valence-corrected chi connectivity index (χ4v) is 0.664. The van der Waals surface area contributed by atoms with Crippen LogP contribution in [-0.4, -0.2) is 16.7 Å². The van der Waals surface area contributed by atoms with Gasteiger partial charge >= 0.3 is 0 Å². The maximum atomic E-state index is 10.7. The molecule has 0 bridgehead atoms. The molecule has 0 unspecified atom stereocenters. The molecule has 0 atom stereocenters. The van der Waals surface area contributed by atoms with E-state index in [1.54, 1.807) is 0 Å². The number of carbonyl (C=O) groups is 2. The van der Waals surface area contributed by atoms with E-state index in [1.807, 2.05) is 0 Å². The van der Waals surface area contributed by atoms with Gasteiger partial charge in [0, 0.05) is 12.2 Å². The van der Waals surface area contributed by atoms with Crippen LogP contribution in [0.25, 0.3) is 0 Å². The van der Waals surface area contributed by atoms with Gasteiger partial charge in [-0.1, -0.05) is 6.08 Å². The fourth-order valence-electron chi connectivity index (χ4n) is 0.664. The van der Waals surface area contributed by atoms with Crippen LogP contribution in [0.15, 0.2) is 24.8 Å². The standard InChI is InChI=1S/C7H6NO2/c1-2-5-8-6(9)3-4-7(8)10/h2-5H,1H2. The predicted molar refractivity (Wildman–Crippen MR) is 35.5 cm³/mol. The van der Waals surface area contributed by atoms with Crippen LogP contribution in [-0.2, 0) is 9.59 Å². The van der Waals surface area contributed by atoms with E-state index in [9.17, 15) is 9.59 Å². The Bertz CT molecular complexity index is 200. The summed E-state index contributed by atoms with van der Waals surface area (Å²) in [6, 6.07) is 0. The molecular weight excluding hydrogens is 130 g/mol. The van der Waals surface area contributed by atoms with Gasteiger partial charge in [0.15, 0.2) is 0 Å². The van der Waals surface area contributed by atoms with Crippen LogP contribution in [0.3, 0.4) is 0 Å². The highest BCUT2D eigenvalue weighted by Gasteiger charge is 2.21. The van der Waals surface area contributed by atoms with Crippen molar-refractivity contribution in [3.05, 3.63) is 31.4 Å². The van der Waals surface area contributed by atoms with Gasteiger partial charge in [-0.15, -0.1) is 6.58 Å². The average Bonchev–Trinajstić information content (AvgIpc) is 2.20. The summed E-state index contributed by atoms with van der Waals surface area (Å²) in [7, 11) is 0. The lowest BCUT2D eigenvalue weighted by atomic mass is 10.5. The van der Waals surface area contributed by atoms with Crippen LogP contribution in [0, 0.1) is 6.54 Å². The lowest BCUT2D eigenvalue weighted by Gasteiger charge is -2.07. The Morgan fingerprint density at radius 2 is 1.80 bits per heavy atom. The molecular formula is C7H6NO2. The third kappa shape index (κ3) is 0.978. The molecule has 3 nitrogen and oxygen atoms in total. The molecule has 0 spiro atoms. The Labute approximate surface area is 58.6 Å². The maximum absolute atomic E-state index is 10.7. The normalized spacial score (nSPS) is 16.6. The maximum Gasteiger partial charge on any atom is 0.254 e. The van der Waals surface area contributed by atoms with E-state index in [0.717, 1.165) is 4.90 Å². The second kappa shape index (κ2) is 2.47. The molecule has 1 heterocycles. The molecule has 3 heteroatoms. The molecule has 0 aromatic rings. The number of nitrogens with zero attached hydrogens (tertiary/aromatic N) is 1. The third-order valence-electron chi connectivity index (χ3n) is 1.10. The second-order valence-corrected chi connectivity index (χ2v) is 1.76. The zero-order valence-corrected chi connectivity index (χ0v) is 5.28. The highest BCUT2D eigenvalue weighted by molar-refractivity contribution is 6.13. The molecule has 0 saturated heterocycles. The van der Waals surface area contributed by atoms with Gasteiger partial charge in [0.05, 0.1) is 6.54 Å². The monoisotopic (exact) mass is 136 g/mol. The van der Waals surface area contributed by atoms with Crippen molar-refractivity contribution in [1.29, 1.82) is 0 Å². The SMILES string of the molecule is C=C[CH]N1C(=O)C=CC1=O. The highest BCUT2D eigenvalue weighted by Crippen LogP contribution is 2.04. The Balaban J connectivity index is 2.69. The van der Waals surface area contributed by atoms with Gasteiger partial charge in [-0.25, -0.2) is 0 Å². The summed E-state index contributed by atoms with van der Waals surface area (Å²) in [6.07, 6.45) is 3.84. The average molecular weight is 136 g/mol. The number of carbonyl (C=O) groups excluding carboxylic acids is 2. The van der Waals surface area contributed by atoms with E-state index >= 15 is 0 Å². The minimum absolute atomic E-state index is 0.315.